The number of hydrogen-bond acceptors (Lipinski definition) is 5. The van der Waals surface area contributed by atoms with Crippen LogP contribution in [0.5, 0.6) is 11.5 Å². The van der Waals surface area contributed by atoms with Crippen LogP contribution in [-0.4, -0.2) is 25.5 Å². The van der Waals surface area contributed by atoms with Crippen LogP contribution in [0.15, 0.2) is 42.5 Å². The highest BCUT2D eigenvalue weighted by Crippen LogP contribution is 2.30. The van der Waals surface area contributed by atoms with Gasteiger partial charge >= 0.3 is 5.97 Å². The third-order valence-corrected chi connectivity index (χ3v) is 3.21. The second-order valence-electron chi connectivity index (χ2n) is 4.78. The van der Waals surface area contributed by atoms with E-state index in [4.69, 9.17) is 9.47 Å². The maximum Gasteiger partial charge on any atom is 0.379 e. The highest BCUT2D eigenvalue weighted by Gasteiger charge is 2.28. The van der Waals surface area contributed by atoms with Crippen molar-refractivity contribution in [2.45, 2.75) is 13.5 Å². The van der Waals surface area contributed by atoms with Crippen LogP contribution in [-0.2, 0) is 16.1 Å². The first kappa shape index (κ1) is 17.5. The quantitative estimate of drug-likeness (QED) is 0.443. The number of methoxy groups -OCH3 is 1. The number of benzene rings is 2. The average Bonchev–Trinajstić information content (AvgIpc) is 2.61. The van der Waals surface area contributed by atoms with Gasteiger partial charge in [0.25, 0.3) is 5.78 Å². The Bertz CT molecular complexity index is 728. The molecule has 0 atom stereocenters. The van der Waals surface area contributed by atoms with Crippen LogP contribution in [0.3, 0.4) is 0 Å². The Kier molecular flexibility index (Phi) is 5.89. The fourth-order valence-electron chi connectivity index (χ4n) is 2.07. The number of hydrogen-bond donors (Lipinski definition) is 0. The van der Waals surface area contributed by atoms with Gasteiger partial charge in [0.15, 0.2) is 11.6 Å². The molecule has 2 rings (SSSR count). The van der Waals surface area contributed by atoms with Gasteiger partial charge < -0.3 is 14.2 Å². The molecule has 0 saturated heterocycles. The molecule has 0 amide bonds. The predicted molar refractivity (Wildman–Crippen MR) is 84.7 cm³/mol. The molecule has 2 aromatic carbocycles. The molecule has 0 aliphatic rings. The molecule has 2 aromatic rings. The summed E-state index contributed by atoms with van der Waals surface area (Å²) in [4.78, 5) is 23.7. The molecule has 0 aliphatic carbocycles. The first-order valence-electron chi connectivity index (χ1n) is 7.33. The molecule has 24 heavy (non-hydrogen) atoms. The van der Waals surface area contributed by atoms with Crippen LogP contribution >= 0.6 is 0 Å². The summed E-state index contributed by atoms with van der Waals surface area (Å²) in [6, 6.07) is 11.9. The highest BCUT2D eigenvalue weighted by atomic mass is 19.1. The monoisotopic (exact) mass is 332 g/mol. The number of Topliss-reactive ketones (excluding diaryl/α,β-unsaturated/α-hetero) is 1. The van der Waals surface area contributed by atoms with E-state index in [9.17, 15) is 14.0 Å². The SMILES string of the molecule is CCOC(=O)C(=O)c1c(OC)ccc(OCc2ccccc2)c1F. The second-order valence-corrected chi connectivity index (χ2v) is 4.78. The molecule has 0 radical (unpaired) electrons. The lowest BCUT2D eigenvalue weighted by molar-refractivity contribution is -0.137. The lowest BCUT2D eigenvalue weighted by atomic mass is 10.1. The summed E-state index contributed by atoms with van der Waals surface area (Å²) in [5.41, 5.74) is 0.340. The second kappa shape index (κ2) is 8.10. The minimum atomic E-state index is -1.14. The van der Waals surface area contributed by atoms with Crippen molar-refractivity contribution in [3.63, 3.8) is 0 Å². The van der Waals surface area contributed by atoms with Crippen molar-refractivity contribution in [1.82, 2.24) is 0 Å². The van der Waals surface area contributed by atoms with Gasteiger partial charge in [-0.3, -0.25) is 4.79 Å². The molecular weight excluding hydrogens is 315 g/mol. The van der Waals surface area contributed by atoms with Gasteiger partial charge in [-0.1, -0.05) is 30.3 Å². The number of ketones is 1. The summed E-state index contributed by atoms with van der Waals surface area (Å²) in [7, 11) is 1.28. The van der Waals surface area contributed by atoms with Gasteiger partial charge in [0.05, 0.1) is 13.7 Å². The number of carbonyl (C=O) groups excluding carboxylic acids is 2. The van der Waals surface area contributed by atoms with Gasteiger partial charge in [-0.25, -0.2) is 9.18 Å². The molecule has 6 heteroatoms. The molecule has 0 aliphatic heterocycles. The maximum absolute atomic E-state index is 14.6. The van der Waals surface area contributed by atoms with Crippen LogP contribution in [0.1, 0.15) is 22.8 Å². The molecule has 0 aromatic heterocycles. The summed E-state index contributed by atoms with van der Waals surface area (Å²) in [6.45, 7) is 1.69. The molecule has 0 heterocycles. The van der Waals surface area contributed by atoms with E-state index in [0.717, 1.165) is 5.56 Å². The molecule has 0 fully saturated rings. The van der Waals surface area contributed by atoms with Crippen LogP contribution in [0.2, 0.25) is 0 Å². The lowest BCUT2D eigenvalue weighted by Gasteiger charge is -2.13. The molecule has 0 unspecified atom stereocenters. The van der Waals surface area contributed by atoms with Crippen molar-refractivity contribution in [3.05, 3.63) is 59.4 Å². The van der Waals surface area contributed by atoms with Crippen molar-refractivity contribution in [2.24, 2.45) is 0 Å². The van der Waals surface area contributed by atoms with Crippen molar-refractivity contribution in [2.75, 3.05) is 13.7 Å². The predicted octanol–water partition coefficient (Wildman–Crippen LogP) is 3.16. The van der Waals surface area contributed by atoms with Gasteiger partial charge in [-0.15, -0.1) is 0 Å². The van der Waals surface area contributed by atoms with Crippen LogP contribution < -0.4 is 9.47 Å². The Hall–Kier alpha value is -2.89. The summed E-state index contributed by atoms with van der Waals surface area (Å²) < 4.78 is 29.7. The van der Waals surface area contributed by atoms with Crippen LogP contribution in [0.25, 0.3) is 0 Å². The van der Waals surface area contributed by atoms with Gasteiger partial charge in [-0.2, -0.15) is 0 Å². The Morgan fingerprint density at radius 3 is 2.33 bits per heavy atom. The standard InChI is InChI=1S/C18H17FO5/c1-3-23-18(21)17(20)15-13(22-2)9-10-14(16(15)19)24-11-12-7-5-4-6-8-12/h4-10H,3,11H2,1-2H3. The Labute approximate surface area is 139 Å². The van der Waals surface area contributed by atoms with Gasteiger partial charge in [0, 0.05) is 0 Å². The Balaban J connectivity index is 2.29. The third-order valence-electron chi connectivity index (χ3n) is 3.21. The number of halogens is 1. The van der Waals surface area contributed by atoms with Gasteiger partial charge in [0.2, 0.25) is 0 Å². The van der Waals surface area contributed by atoms with Gasteiger partial charge in [-0.05, 0) is 24.6 Å². The van der Waals surface area contributed by atoms with Crippen LogP contribution in [0.4, 0.5) is 4.39 Å². The molecule has 0 bridgehead atoms. The van der Waals surface area contributed by atoms with Crippen molar-refractivity contribution in [1.29, 1.82) is 0 Å². The topological polar surface area (TPSA) is 61.8 Å². The van der Waals surface area contributed by atoms with Crippen LogP contribution in [0, 0.1) is 5.82 Å². The number of ether oxygens (including phenoxy) is 3. The Morgan fingerprint density at radius 1 is 1.04 bits per heavy atom. The van der Waals surface area contributed by atoms with E-state index in [0.29, 0.717) is 0 Å². The zero-order valence-electron chi connectivity index (χ0n) is 13.4. The fraction of sp³-hybridized carbons (Fsp3) is 0.222. The zero-order valence-corrected chi connectivity index (χ0v) is 13.4. The number of rotatable bonds is 7. The molecule has 5 nitrogen and oxygen atoms in total. The third kappa shape index (κ3) is 3.90. The van der Waals surface area contributed by atoms with Crippen molar-refractivity contribution >= 4 is 11.8 Å². The number of carbonyl (C=O) groups is 2. The summed E-state index contributed by atoms with van der Waals surface area (Å²) in [6.07, 6.45) is 0. The fourth-order valence-corrected chi connectivity index (χ4v) is 2.07. The smallest absolute Gasteiger partial charge is 0.379 e. The zero-order chi connectivity index (χ0) is 17.5. The molecule has 0 spiro atoms. The molecule has 126 valence electrons. The first-order valence-corrected chi connectivity index (χ1v) is 7.33. The average molecular weight is 332 g/mol. The Morgan fingerprint density at radius 2 is 1.71 bits per heavy atom. The van der Waals surface area contributed by atoms with E-state index >= 15 is 0 Å². The van der Waals surface area contributed by atoms with Crippen molar-refractivity contribution in [3.8, 4) is 11.5 Å². The first-order chi connectivity index (χ1) is 11.6. The summed E-state index contributed by atoms with van der Waals surface area (Å²) in [5, 5.41) is 0. The van der Waals surface area contributed by atoms with E-state index in [1.54, 1.807) is 6.92 Å². The minimum absolute atomic E-state index is 0.0126. The largest absolute Gasteiger partial charge is 0.496 e. The van der Waals surface area contributed by atoms with E-state index in [2.05, 4.69) is 4.74 Å². The van der Waals surface area contributed by atoms with E-state index in [1.165, 1.54) is 19.2 Å². The van der Waals surface area contributed by atoms with Crippen molar-refractivity contribution < 1.29 is 28.2 Å². The molecule has 0 N–H and O–H groups in total. The normalized spacial score (nSPS) is 10.1. The van der Waals surface area contributed by atoms with E-state index < -0.39 is 23.1 Å². The van der Waals surface area contributed by atoms with E-state index in [-0.39, 0.29) is 24.7 Å². The molecular formula is C18H17FO5. The summed E-state index contributed by atoms with van der Waals surface area (Å²) >= 11 is 0. The molecule has 0 saturated carbocycles. The number of esters is 1. The summed E-state index contributed by atoms with van der Waals surface area (Å²) in [5.74, 6) is -3.42. The maximum atomic E-state index is 14.6. The van der Waals surface area contributed by atoms with E-state index in [1.807, 2.05) is 30.3 Å². The highest BCUT2D eigenvalue weighted by molar-refractivity contribution is 6.41. The lowest BCUT2D eigenvalue weighted by Crippen LogP contribution is -2.20. The van der Waals surface area contributed by atoms with Gasteiger partial charge in [0.1, 0.15) is 17.9 Å². The minimum Gasteiger partial charge on any atom is -0.496 e.